The summed E-state index contributed by atoms with van der Waals surface area (Å²) in [6, 6.07) is 12.5. The average Bonchev–Trinajstić information content (AvgIpc) is 2.60. The largest absolute Gasteiger partial charge is 0.482 e. The molecule has 0 aliphatic carbocycles. The standard InChI is InChI=1S/C20H17Cl2FN2O/c1-11-4-3-5-13(8-11)14-9-17(20(24)25-10-14)26-12(2)18-15(21)6-7-16(23)19(18)22/h3-10,12H,1-2H3,(H2,24,25). The number of halogens is 3. The summed E-state index contributed by atoms with van der Waals surface area (Å²) in [6.07, 6.45) is 1.08. The molecule has 0 fully saturated rings. The third kappa shape index (κ3) is 3.76. The van der Waals surface area contributed by atoms with E-state index in [0.717, 1.165) is 16.7 Å². The molecule has 3 nitrogen and oxygen atoms in total. The molecule has 6 heteroatoms. The Labute approximate surface area is 161 Å². The van der Waals surface area contributed by atoms with Gasteiger partial charge in [0.05, 0.1) is 5.02 Å². The molecule has 2 N–H and O–H groups in total. The highest BCUT2D eigenvalue weighted by molar-refractivity contribution is 6.36. The second kappa shape index (κ2) is 7.52. The van der Waals surface area contributed by atoms with Crippen molar-refractivity contribution in [2.45, 2.75) is 20.0 Å². The first-order chi connectivity index (χ1) is 12.4. The summed E-state index contributed by atoms with van der Waals surface area (Å²) in [7, 11) is 0. The molecule has 0 spiro atoms. The summed E-state index contributed by atoms with van der Waals surface area (Å²) in [5, 5.41) is 0.261. The van der Waals surface area contributed by atoms with Gasteiger partial charge in [-0.1, -0.05) is 53.0 Å². The first kappa shape index (κ1) is 18.5. The Morgan fingerprint density at radius 2 is 1.88 bits per heavy atom. The lowest BCUT2D eigenvalue weighted by molar-refractivity contribution is 0.227. The molecule has 3 aromatic rings. The minimum atomic E-state index is -0.609. The van der Waals surface area contributed by atoms with E-state index in [1.54, 1.807) is 19.2 Å². The van der Waals surface area contributed by atoms with Crippen LogP contribution >= 0.6 is 23.2 Å². The summed E-state index contributed by atoms with van der Waals surface area (Å²) in [5.41, 5.74) is 9.32. The van der Waals surface area contributed by atoms with E-state index in [4.69, 9.17) is 33.7 Å². The summed E-state index contributed by atoms with van der Waals surface area (Å²) in [5.74, 6) is 0.0610. The van der Waals surface area contributed by atoms with Crippen LogP contribution in [0.3, 0.4) is 0 Å². The summed E-state index contributed by atoms with van der Waals surface area (Å²) in [4.78, 5) is 4.21. The number of nitrogens with zero attached hydrogens (tertiary/aromatic N) is 1. The van der Waals surface area contributed by atoms with E-state index < -0.39 is 11.9 Å². The number of anilines is 1. The molecule has 1 aromatic heterocycles. The molecular weight excluding hydrogens is 374 g/mol. The SMILES string of the molecule is Cc1cccc(-c2cnc(N)c(OC(C)c3c(Cl)ccc(F)c3Cl)c2)c1. The molecule has 1 heterocycles. The monoisotopic (exact) mass is 390 g/mol. The molecule has 0 saturated heterocycles. The van der Waals surface area contributed by atoms with E-state index in [-0.39, 0.29) is 10.8 Å². The van der Waals surface area contributed by atoms with Gasteiger partial charge >= 0.3 is 0 Å². The molecule has 0 bridgehead atoms. The number of benzene rings is 2. The molecule has 1 unspecified atom stereocenters. The van der Waals surface area contributed by atoms with Crippen molar-refractivity contribution in [3.63, 3.8) is 0 Å². The van der Waals surface area contributed by atoms with Gasteiger partial charge < -0.3 is 10.5 Å². The lowest BCUT2D eigenvalue weighted by Gasteiger charge is -2.19. The number of nitrogens with two attached hydrogens (primary N) is 1. The van der Waals surface area contributed by atoms with Crippen LogP contribution in [-0.4, -0.2) is 4.98 Å². The highest BCUT2D eigenvalue weighted by Gasteiger charge is 2.20. The minimum Gasteiger partial charge on any atom is -0.482 e. The van der Waals surface area contributed by atoms with Crippen molar-refractivity contribution in [2.24, 2.45) is 0 Å². The fourth-order valence-electron chi connectivity index (χ4n) is 2.70. The van der Waals surface area contributed by atoms with Gasteiger partial charge in [-0.15, -0.1) is 0 Å². The second-order valence-electron chi connectivity index (χ2n) is 5.99. The predicted molar refractivity (Wildman–Crippen MR) is 104 cm³/mol. The summed E-state index contributed by atoms with van der Waals surface area (Å²) < 4.78 is 19.7. The van der Waals surface area contributed by atoms with Gasteiger partial charge in [0.1, 0.15) is 11.9 Å². The number of hydrogen-bond acceptors (Lipinski definition) is 3. The highest BCUT2D eigenvalue weighted by atomic mass is 35.5. The maximum atomic E-state index is 13.8. The van der Waals surface area contributed by atoms with Crippen LogP contribution in [0.4, 0.5) is 10.2 Å². The van der Waals surface area contributed by atoms with Crippen molar-refractivity contribution < 1.29 is 9.13 Å². The van der Waals surface area contributed by atoms with E-state index >= 15 is 0 Å². The van der Waals surface area contributed by atoms with Gasteiger partial charge in [-0.05, 0) is 37.6 Å². The molecule has 2 aromatic carbocycles. The maximum absolute atomic E-state index is 13.8. The molecule has 0 saturated carbocycles. The van der Waals surface area contributed by atoms with Crippen LogP contribution in [0.2, 0.25) is 10.0 Å². The Balaban J connectivity index is 1.95. The number of ether oxygens (including phenoxy) is 1. The van der Waals surface area contributed by atoms with Crippen LogP contribution in [-0.2, 0) is 0 Å². The first-order valence-electron chi connectivity index (χ1n) is 7.99. The molecule has 0 aliphatic rings. The second-order valence-corrected chi connectivity index (χ2v) is 6.78. The zero-order chi connectivity index (χ0) is 18.8. The van der Waals surface area contributed by atoms with Crippen LogP contribution in [0.5, 0.6) is 5.75 Å². The average molecular weight is 391 g/mol. The van der Waals surface area contributed by atoms with Gasteiger partial charge in [-0.3, -0.25) is 0 Å². The van der Waals surface area contributed by atoms with Crippen molar-refractivity contribution in [2.75, 3.05) is 5.73 Å². The Hall–Kier alpha value is -2.30. The Kier molecular flexibility index (Phi) is 5.35. The molecule has 0 radical (unpaired) electrons. The first-order valence-corrected chi connectivity index (χ1v) is 8.75. The zero-order valence-corrected chi connectivity index (χ0v) is 15.8. The topological polar surface area (TPSA) is 48.1 Å². The summed E-state index contributed by atoms with van der Waals surface area (Å²) in [6.45, 7) is 3.74. The molecule has 0 aliphatic heterocycles. The molecule has 1 atom stereocenters. The van der Waals surface area contributed by atoms with Crippen LogP contribution in [0.1, 0.15) is 24.2 Å². The van der Waals surface area contributed by atoms with E-state index in [0.29, 0.717) is 16.3 Å². The highest BCUT2D eigenvalue weighted by Crippen LogP contribution is 2.36. The molecule has 26 heavy (non-hydrogen) atoms. The van der Waals surface area contributed by atoms with Gasteiger partial charge in [0, 0.05) is 22.3 Å². The number of rotatable bonds is 4. The lowest BCUT2D eigenvalue weighted by atomic mass is 10.1. The fourth-order valence-corrected chi connectivity index (χ4v) is 3.37. The number of aryl methyl sites for hydroxylation is 1. The number of hydrogen-bond donors (Lipinski definition) is 1. The van der Waals surface area contributed by atoms with E-state index in [1.165, 1.54) is 12.1 Å². The van der Waals surface area contributed by atoms with Crippen molar-refractivity contribution in [1.29, 1.82) is 0 Å². The van der Waals surface area contributed by atoms with Crippen LogP contribution in [0.15, 0.2) is 48.7 Å². The summed E-state index contributed by atoms with van der Waals surface area (Å²) >= 11 is 12.2. The zero-order valence-electron chi connectivity index (χ0n) is 14.3. The smallest absolute Gasteiger partial charge is 0.166 e. The lowest BCUT2D eigenvalue weighted by Crippen LogP contribution is -2.08. The Morgan fingerprint density at radius 1 is 1.12 bits per heavy atom. The Morgan fingerprint density at radius 3 is 2.62 bits per heavy atom. The van der Waals surface area contributed by atoms with Gasteiger partial charge in [-0.25, -0.2) is 9.37 Å². The normalized spacial score (nSPS) is 12.0. The van der Waals surface area contributed by atoms with Crippen LogP contribution < -0.4 is 10.5 Å². The molecule has 3 rings (SSSR count). The molecule has 134 valence electrons. The molecular formula is C20H17Cl2FN2O. The van der Waals surface area contributed by atoms with Gasteiger partial charge in [0.15, 0.2) is 11.6 Å². The third-order valence-corrected chi connectivity index (χ3v) is 4.74. The van der Waals surface area contributed by atoms with E-state index in [9.17, 15) is 4.39 Å². The molecule has 0 amide bonds. The van der Waals surface area contributed by atoms with Crippen molar-refractivity contribution >= 4 is 29.0 Å². The van der Waals surface area contributed by atoms with Gasteiger partial charge in [0.2, 0.25) is 0 Å². The Bertz CT molecular complexity index is 963. The number of pyridine rings is 1. The van der Waals surface area contributed by atoms with Gasteiger partial charge in [0.25, 0.3) is 0 Å². The van der Waals surface area contributed by atoms with Crippen molar-refractivity contribution in [3.05, 3.63) is 75.7 Å². The maximum Gasteiger partial charge on any atom is 0.166 e. The number of nitrogen functional groups attached to an aromatic ring is 1. The van der Waals surface area contributed by atoms with E-state index in [2.05, 4.69) is 4.98 Å². The minimum absolute atomic E-state index is 0.0635. The van der Waals surface area contributed by atoms with E-state index in [1.807, 2.05) is 31.2 Å². The predicted octanol–water partition coefficient (Wildman–Crippen LogP) is 6.23. The third-order valence-electron chi connectivity index (χ3n) is 4.02. The van der Waals surface area contributed by atoms with Crippen molar-refractivity contribution in [3.8, 4) is 16.9 Å². The quantitative estimate of drug-likeness (QED) is 0.537. The van der Waals surface area contributed by atoms with Crippen LogP contribution in [0.25, 0.3) is 11.1 Å². The van der Waals surface area contributed by atoms with Crippen molar-refractivity contribution in [1.82, 2.24) is 4.98 Å². The van der Waals surface area contributed by atoms with Crippen LogP contribution in [0, 0.1) is 12.7 Å². The fraction of sp³-hybridized carbons (Fsp3) is 0.150. The number of aromatic nitrogens is 1. The van der Waals surface area contributed by atoms with Gasteiger partial charge in [-0.2, -0.15) is 0 Å².